The van der Waals surface area contributed by atoms with Crippen molar-refractivity contribution in [3.05, 3.63) is 76.9 Å². The highest BCUT2D eigenvalue weighted by atomic mass is 16.6. The van der Waals surface area contributed by atoms with Gasteiger partial charge >= 0.3 is 0 Å². The molecule has 2 aromatic rings. The Hall–Kier alpha value is -4.40. The summed E-state index contributed by atoms with van der Waals surface area (Å²) in [4.78, 5) is 41.2. The molecule has 3 N–H and O–H groups in total. The maximum atomic E-state index is 11.3. The summed E-state index contributed by atoms with van der Waals surface area (Å²) >= 11 is 0. The molecule has 168 valence electrons. The second-order valence-corrected chi connectivity index (χ2v) is 7.06. The number of anilines is 2. The number of nitrogens with zero attached hydrogens (tertiary/aromatic N) is 4. The molecule has 15 nitrogen and oxygen atoms in total. The Morgan fingerprint density at radius 2 is 1.19 bits per heavy atom. The molecule has 15 heteroatoms. The molecule has 1 aliphatic carbocycles. The Bertz CT molecular complexity index is 1110. The van der Waals surface area contributed by atoms with Crippen LogP contribution in [-0.2, 0) is 0 Å². The fourth-order valence-corrected chi connectivity index (χ4v) is 3.52. The third kappa shape index (κ3) is 4.67. The van der Waals surface area contributed by atoms with E-state index in [-0.39, 0.29) is 24.2 Å². The maximum Gasteiger partial charge on any atom is 0.299 e. The van der Waals surface area contributed by atoms with E-state index in [2.05, 4.69) is 10.6 Å². The average Bonchev–Trinajstić information content (AvgIpc) is 3.06. The summed E-state index contributed by atoms with van der Waals surface area (Å²) in [6.45, 7) is 0. The summed E-state index contributed by atoms with van der Waals surface area (Å²) in [7, 11) is 0. The summed E-state index contributed by atoms with van der Waals surface area (Å²) in [5.74, 6) is 0. The first-order valence-electron chi connectivity index (χ1n) is 9.13. The highest BCUT2D eigenvalue weighted by Gasteiger charge is 2.35. The van der Waals surface area contributed by atoms with E-state index in [9.17, 15) is 45.6 Å². The topological polar surface area (TPSA) is 217 Å². The predicted octanol–water partition coefficient (Wildman–Crippen LogP) is 2.74. The minimum atomic E-state index is -0.987. The van der Waals surface area contributed by atoms with Gasteiger partial charge in [0.2, 0.25) is 0 Å². The lowest BCUT2D eigenvalue weighted by Crippen LogP contribution is -2.28. The molecule has 0 unspecified atom stereocenters. The normalized spacial score (nSPS) is 19.8. The summed E-state index contributed by atoms with van der Waals surface area (Å²) in [5.41, 5.74) is -1.94. The molecule has 0 bridgehead atoms. The van der Waals surface area contributed by atoms with Gasteiger partial charge in [0.05, 0.1) is 44.0 Å². The Labute approximate surface area is 178 Å². The van der Waals surface area contributed by atoms with Gasteiger partial charge in [-0.05, 0) is 25.0 Å². The van der Waals surface area contributed by atoms with Gasteiger partial charge in [-0.25, -0.2) is 0 Å². The van der Waals surface area contributed by atoms with E-state index in [1.807, 2.05) is 0 Å². The lowest BCUT2D eigenvalue weighted by Gasteiger charge is -2.18. The molecule has 0 radical (unpaired) electrons. The molecule has 3 atom stereocenters. The third-order valence-corrected chi connectivity index (χ3v) is 5.01. The number of nitro groups is 4. The van der Waals surface area contributed by atoms with Crippen molar-refractivity contribution in [2.45, 2.75) is 31.0 Å². The van der Waals surface area contributed by atoms with Crippen LogP contribution in [0.25, 0.3) is 0 Å². The van der Waals surface area contributed by atoms with Crippen LogP contribution in [0.2, 0.25) is 0 Å². The molecule has 1 aliphatic rings. The van der Waals surface area contributed by atoms with Crippen molar-refractivity contribution in [2.75, 3.05) is 10.6 Å². The van der Waals surface area contributed by atoms with E-state index in [1.54, 1.807) is 0 Å². The fourth-order valence-electron chi connectivity index (χ4n) is 3.52. The van der Waals surface area contributed by atoms with Crippen LogP contribution in [-0.4, -0.2) is 43.0 Å². The van der Waals surface area contributed by atoms with Gasteiger partial charge in [0, 0.05) is 18.2 Å². The standard InChI is InChI=1S/C17H16N6O9/c24-17-6-9(18-12-3-1-10(20(25)26)7-15(12)22(29)30)5-14(17)19-13-4-2-11(21(27)28)8-16(13)23(31)32/h1-4,7-9,14,17-19,24H,5-6H2/t9-,14+,17+/m1/s1. The predicted molar refractivity (Wildman–Crippen MR) is 110 cm³/mol. The number of non-ortho nitro benzene ring substituents is 2. The summed E-state index contributed by atoms with van der Waals surface area (Å²) < 4.78 is 0. The van der Waals surface area contributed by atoms with Gasteiger partial charge in [0.15, 0.2) is 0 Å². The van der Waals surface area contributed by atoms with E-state index < -0.39 is 60.6 Å². The molecular formula is C17H16N6O9. The number of hydrogen-bond donors (Lipinski definition) is 3. The molecule has 1 saturated carbocycles. The van der Waals surface area contributed by atoms with Gasteiger partial charge in [-0.2, -0.15) is 0 Å². The first-order chi connectivity index (χ1) is 15.1. The largest absolute Gasteiger partial charge is 0.391 e. The molecule has 0 spiro atoms. The molecule has 0 aliphatic heterocycles. The molecule has 3 rings (SSSR count). The molecule has 0 aromatic heterocycles. The van der Waals surface area contributed by atoms with Crippen molar-refractivity contribution in [3.8, 4) is 0 Å². The average molecular weight is 448 g/mol. The lowest BCUT2D eigenvalue weighted by atomic mass is 10.1. The Morgan fingerprint density at radius 1 is 0.719 bits per heavy atom. The van der Waals surface area contributed by atoms with Crippen LogP contribution in [0.3, 0.4) is 0 Å². The highest BCUT2D eigenvalue weighted by molar-refractivity contribution is 5.67. The van der Waals surface area contributed by atoms with Crippen molar-refractivity contribution in [2.24, 2.45) is 0 Å². The van der Waals surface area contributed by atoms with E-state index in [0.29, 0.717) is 0 Å². The summed E-state index contributed by atoms with van der Waals surface area (Å²) in [5, 5.41) is 60.3. The summed E-state index contributed by atoms with van der Waals surface area (Å²) in [6, 6.07) is 5.02. The second kappa shape index (κ2) is 8.76. The minimum absolute atomic E-state index is 0.0217. The highest BCUT2D eigenvalue weighted by Crippen LogP contribution is 2.35. The monoisotopic (exact) mass is 448 g/mol. The van der Waals surface area contributed by atoms with E-state index in [4.69, 9.17) is 0 Å². The van der Waals surface area contributed by atoms with Crippen LogP contribution in [0.4, 0.5) is 34.1 Å². The van der Waals surface area contributed by atoms with Crippen LogP contribution < -0.4 is 10.6 Å². The SMILES string of the molecule is O=[N+]([O-])c1ccc(N[C@@H]2C[C@H](Nc3ccc([N+](=O)[O-])cc3[N+](=O)[O-])[C@@H](O)C2)c([N+](=O)[O-])c1. The number of aliphatic hydroxyl groups excluding tert-OH is 1. The number of benzene rings is 2. The molecule has 2 aromatic carbocycles. The molecule has 0 heterocycles. The van der Waals surface area contributed by atoms with Crippen LogP contribution in [0.5, 0.6) is 0 Å². The first kappa shape index (κ1) is 22.3. The van der Waals surface area contributed by atoms with Gasteiger partial charge in [-0.15, -0.1) is 0 Å². The van der Waals surface area contributed by atoms with Gasteiger partial charge in [0.1, 0.15) is 11.4 Å². The van der Waals surface area contributed by atoms with Crippen LogP contribution in [0, 0.1) is 40.5 Å². The second-order valence-electron chi connectivity index (χ2n) is 7.06. The Balaban J connectivity index is 1.77. The Kier molecular flexibility index (Phi) is 6.10. The van der Waals surface area contributed by atoms with Crippen molar-refractivity contribution in [3.63, 3.8) is 0 Å². The van der Waals surface area contributed by atoms with Crippen molar-refractivity contribution in [1.82, 2.24) is 0 Å². The van der Waals surface area contributed by atoms with Crippen LogP contribution >= 0.6 is 0 Å². The van der Waals surface area contributed by atoms with Crippen molar-refractivity contribution in [1.29, 1.82) is 0 Å². The smallest absolute Gasteiger partial charge is 0.299 e. The molecule has 1 fully saturated rings. The van der Waals surface area contributed by atoms with E-state index >= 15 is 0 Å². The quantitative estimate of drug-likeness (QED) is 0.394. The Morgan fingerprint density at radius 3 is 1.62 bits per heavy atom. The van der Waals surface area contributed by atoms with Gasteiger partial charge in [-0.3, -0.25) is 40.5 Å². The maximum absolute atomic E-state index is 11.3. The summed E-state index contributed by atoms with van der Waals surface area (Å²) in [6.07, 6.45) is -0.657. The molecule has 0 saturated heterocycles. The molecular weight excluding hydrogens is 432 g/mol. The number of nitrogens with one attached hydrogen (secondary N) is 2. The van der Waals surface area contributed by atoms with Crippen LogP contribution in [0.15, 0.2) is 36.4 Å². The minimum Gasteiger partial charge on any atom is -0.391 e. The van der Waals surface area contributed by atoms with Crippen molar-refractivity contribution >= 4 is 34.1 Å². The molecule has 0 amide bonds. The van der Waals surface area contributed by atoms with E-state index in [0.717, 1.165) is 24.3 Å². The number of hydrogen-bond acceptors (Lipinski definition) is 11. The first-order valence-corrected chi connectivity index (χ1v) is 9.13. The number of rotatable bonds is 8. The zero-order valence-corrected chi connectivity index (χ0v) is 16.1. The number of aliphatic hydroxyl groups is 1. The fraction of sp³-hybridized carbons (Fsp3) is 0.294. The molecule has 32 heavy (non-hydrogen) atoms. The number of nitro benzene ring substituents is 4. The van der Waals surface area contributed by atoms with E-state index in [1.165, 1.54) is 12.1 Å². The lowest BCUT2D eigenvalue weighted by molar-refractivity contribution is -0.393. The van der Waals surface area contributed by atoms with Crippen molar-refractivity contribution < 1.29 is 24.8 Å². The van der Waals surface area contributed by atoms with Gasteiger partial charge in [0.25, 0.3) is 22.7 Å². The van der Waals surface area contributed by atoms with Gasteiger partial charge in [-0.1, -0.05) is 0 Å². The zero-order valence-electron chi connectivity index (χ0n) is 16.1. The van der Waals surface area contributed by atoms with Crippen LogP contribution in [0.1, 0.15) is 12.8 Å². The zero-order chi connectivity index (χ0) is 23.6. The van der Waals surface area contributed by atoms with Gasteiger partial charge < -0.3 is 15.7 Å². The third-order valence-electron chi connectivity index (χ3n) is 5.01.